The van der Waals surface area contributed by atoms with Gasteiger partial charge in [-0.15, -0.1) is 10.2 Å². The van der Waals surface area contributed by atoms with Crippen molar-refractivity contribution in [3.8, 4) is 17.3 Å². The van der Waals surface area contributed by atoms with Gasteiger partial charge in [-0.25, -0.2) is 0 Å². The highest BCUT2D eigenvalue weighted by molar-refractivity contribution is 7.99. The number of hydrogen-bond donors (Lipinski definition) is 0. The zero-order valence-electron chi connectivity index (χ0n) is 22.2. The molecule has 0 saturated carbocycles. The van der Waals surface area contributed by atoms with Gasteiger partial charge in [-0.05, 0) is 51.0 Å². The molecule has 2 aromatic heterocycles. The van der Waals surface area contributed by atoms with Crippen LogP contribution in [0.3, 0.4) is 0 Å². The number of benzene rings is 1. The van der Waals surface area contributed by atoms with Gasteiger partial charge in [-0.2, -0.15) is 0 Å². The highest BCUT2D eigenvalue weighted by Crippen LogP contribution is 2.29. The van der Waals surface area contributed by atoms with Gasteiger partial charge >= 0.3 is 0 Å². The lowest BCUT2D eigenvalue weighted by Gasteiger charge is -2.41. The van der Waals surface area contributed by atoms with Crippen LogP contribution >= 0.6 is 11.8 Å². The predicted molar refractivity (Wildman–Crippen MR) is 146 cm³/mol. The van der Waals surface area contributed by atoms with Crippen molar-refractivity contribution in [3.63, 3.8) is 0 Å². The first kappa shape index (κ1) is 27.0. The number of carbonyl (C=O) groups is 2. The monoisotopic (exact) mass is 523 g/mol. The third-order valence-corrected chi connectivity index (χ3v) is 7.92. The van der Waals surface area contributed by atoms with Crippen molar-refractivity contribution in [2.75, 3.05) is 25.4 Å². The largest absolute Gasteiger partial charge is 0.461 e. The summed E-state index contributed by atoms with van der Waals surface area (Å²) < 4.78 is 7.51. The van der Waals surface area contributed by atoms with Gasteiger partial charge in [0.15, 0.2) is 10.9 Å². The molecule has 0 spiro atoms. The standard InChI is InChI=1S/C28H37N5O3S/c1-5-7-9-22(6-2)27(35)32-16-15-31(18-21(32)4)25(34)19-37-28-30-29-26(24-10-8-17-36-24)33(28)23-13-11-20(3)12-14-23/h8,10-14,17,21-22H,5-7,9,15-16,18-19H2,1-4H3. The van der Waals surface area contributed by atoms with Crippen LogP contribution in [0.2, 0.25) is 0 Å². The molecule has 37 heavy (non-hydrogen) atoms. The van der Waals surface area contributed by atoms with E-state index in [1.54, 1.807) is 6.26 Å². The molecule has 1 aliphatic heterocycles. The summed E-state index contributed by atoms with van der Waals surface area (Å²) in [5.74, 6) is 1.82. The van der Waals surface area contributed by atoms with Gasteiger partial charge in [0.25, 0.3) is 0 Å². The van der Waals surface area contributed by atoms with E-state index in [1.165, 1.54) is 11.8 Å². The first-order valence-corrected chi connectivity index (χ1v) is 14.2. The molecule has 3 heterocycles. The number of piperazine rings is 1. The van der Waals surface area contributed by atoms with Gasteiger partial charge in [0.05, 0.1) is 12.0 Å². The molecule has 1 aromatic carbocycles. The van der Waals surface area contributed by atoms with E-state index in [0.29, 0.717) is 36.4 Å². The van der Waals surface area contributed by atoms with Crippen molar-refractivity contribution in [1.29, 1.82) is 0 Å². The van der Waals surface area contributed by atoms with Gasteiger partial charge in [-0.3, -0.25) is 14.2 Å². The predicted octanol–water partition coefficient (Wildman–Crippen LogP) is 5.20. The summed E-state index contributed by atoms with van der Waals surface area (Å²) >= 11 is 1.37. The highest BCUT2D eigenvalue weighted by Gasteiger charge is 2.32. The van der Waals surface area contributed by atoms with Crippen LogP contribution < -0.4 is 0 Å². The minimum atomic E-state index is 0.00708. The number of aryl methyl sites for hydroxylation is 1. The molecule has 3 aromatic rings. The molecule has 1 fully saturated rings. The lowest BCUT2D eigenvalue weighted by Crippen LogP contribution is -2.56. The Morgan fingerprint density at radius 2 is 1.92 bits per heavy atom. The van der Waals surface area contributed by atoms with Crippen LogP contribution in [0.5, 0.6) is 0 Å². The molecule has 1 saturated heterocycles. The van der Waals surface area contributed by atoms with E-state index in [4.69, 9.17) is 4.42 Å². The average Bonchev–Trinajstić information content (AvgIpc) is 3.58. The van der Waals surface area contributed by atoms with Gasteiger partial charge in [0.2, 0.25) is 17.6 Å². The minimum Gasteiger partial charge on any atom is -0.461 e. The molecule has 2 amide bonds. The molecule has 1 aliphatic rings. The second-order valence-corrected chi connectivity index (χ2v) is 10.7. The van der Waals surface area contributed by atoms with Crippen LogP contribution in [-0.4, -0.2) is 67.8 Å². The molecule has 0 radical (unpaired) electrons. The second kappa shape index (κ2) is 12.4. The Hall–Kier alpha value is -3.07. The summed E-state index contributed by atoms with van der Waals surface area (Å²) in [4.78, 5) is 30.1. The van der Waals surface area contributed by atoms with Crippen LogP contribution in [0, 0.1) is 12.8 Å². The quantitative estimate of drug-likeness (QED) is 0.340. The van der Waals surface area contributed by atoms with Crippen molar-refractivity contribution < 1.29 is 14.0 Å². The molecule has 9 heteroatoms. The molecule has 0 N–H and O–H groups in total. The molecule has 8 nitrogen and oxygen atoms in total. The minimum absolute atomic E-state index is 0.00708. The van der Waals surface area contributed by atoms with Gasteiger partial charge in [0.1, 0.15) is 0 Å². The summed E-state index contributed by atoms with van der Waals surface area (Å²) in [6, 6.07) is 11.8. The number of hydrogen-bond acceptors (Lipinski definition) is 6. The first-order valence-electron chi connectivity index (χ1n) is 13.2. The summed E-state index contributed by atoms with van der Waals surface area (Å²) in [7, 11) is 0. The van der Waals surface area contributed by atoms with E-state index in [9.17, 15) is 9.59 Å². The molecule has 4 rings (SSSR count). The van der Waals surface area contributed by atoms with Gasteiger partial charge in [-0.1, -0.05) is 56.1 Å². The summed E-state index contributed by atoms with van der Waals surface area (Å²) in [6.07, 6.45) is 5.58. The Kier molecular flexibility index (Phi) is 9.08. The van der Waals surface area contributed by atoms with Crippen molar-refractivity contribution in [2.24, 2.45) is 5.92 Å². The van der Waals surface area contributed by atoms with Crippen molar-refractivity contribution >= 4 is 23.6 Å². The second-order valence-electron chi connectivity index (χ2n) is 9.71. The Morgan fingerprint density at radius 1 is 1.14 bits per heavy atom. The number of furan rings is 1. The molecule has 2 atom stereocenters. The van der Waals surface area contributed by atoms with Crippen molar-refractivity contribution in [1.82, 2.24) is 24.6 Å². The fraction of sp³-hybridized carbons (Fsp3) is 0.500. The number of amides is 2. The molecular formula is C28H37N5O3S. The van der Waals surface area contributed by atoms with Crippen LogP contribution in [0.4, 0.5) is 0 Å². The molecule has 0 aliphatic carbocycles. The number of aromatic nitrogens is 3. The fourth-order valence-corrected chi connectivity index (χ4v) is 5.63. The topological polar surface area (TPSA) is 84.5 Å². The first-order chi connectivity index (χ1) is 17.9. The maximum atomic E-state index is 13.2. The lowest BCUT2D eigenvalue weighted by atomic mass is 9.96. The zero-order valence-corrected chi connectivity index (χ0v) is 23.0. The van der Waals surface area contributed by atoms with E-state index in [-0.39, 0.29) is 29.5 Å². The number of carbonyl (C=O) groups excluding carboxylic acids is 2. The van der Waals surface area contributed by atoms with Crippen LogP contribution in [0.15, 0.2) is 52.2 Å². The lowest BCUT2D eigenvalue weighted by molar-refractivity contribution is -0.144. The van der Waals surface area contributed by atoms with Crippen molar-refractivity contribution in [2.45, 2.75) is 64.6 Å². The van der Waals surface area contributed by atoms with Crippen molar-refractivity contribution in [3.05, 3.63) is 48.2 Å². The van der Waals surface area contributed by atoms with E-state index < -0.39 is 0 Å². The highest BCUT2D eigenvalue weighted by atomic mass is 32.2. The Morgan fingerprint density at radius 3 is 2.57 bits per heavy atom. The van der Waals surface area contributed by atoms with Gasteiger partial charge in [0, 0.05) is 37.3 Å². The van der Waals surface area contributed by atoms with E-state index in [0.717, 1.165) is 36.9 Å². The van der Waals surface area contributed by atoms with E-state index in [1.807, 2.05) is 64.6 Å². The third kappa shape index (κ3) is 6.26. The smallest absolute Gasteiger partial charge is 0.233 e. The van der Waals surface area contributed by atoms with Crippen LogP contribution in [-0.2, 0) is 9.59 Å². The average molecular weight is 524 g/mol. The number of rotatable bonds is 10. The van der Waals surface area contributed by atoms with E-state index >= 15 is 0 Å². The normalized spacial score (nSPS) is 16.7. The summed E-state index contributed by atoms with van der Waals surface area (Å²) in [6.45, 7) is 10.0. The maximum Gasteiger partial charge on any atom is 0.233 e. The number of unbranched alkanes of at least 4 members (excludes halogenated alkanes) is 1. The molecular weight excluding hydrogens is 486 g/mol. The Balaban J connectivity index is 1.42. The SMILES string of the molecule is CCCCC(CC)C(=O)N1CCN(C(=O)CSc2nnc(-c3ccco3)n2-c2ccc(C)cc2)CC1C. The Labute approximate surface area is 223 Å². The number of thioether (sulfide) groups is 1. The summed E-state index contributed by atoms with van der Waals surface area (Å²) in [5.41, 5.74) is 2.06. The van der Waals surface area contributed by atoms with E-state index in [2.05, 4.69) is 24.0 Å². The van der Waals surface area contributed by atoms with Crippen LogP contribution in [0.25, 0.3) is 17.3 Å². The fourth-order valence-electron chi connectivity index (χ4n) is 4.77. The molecule has 0 bridgehead atoms. The third-order valence-electron chi connectivity index (χ3n) is 7.00. The summed E-state index contributed by atoms with van der Waals surface area (Å²) in [5, 5.41) is 9.38. The maximum absolute atomic E-state index is 13.2. The Bertz CT molecular complexity index is 1180. The number of nitrogens with zero attached hydrogens (tertiary/aromatic N) is 5. The van der Waals surface area contributed by atoms with Gasteiger partial charge < -0.3 is 14.2 Å². The zero-order chi connectivity index (χ0) is 26.4. The molecule has 198 valence electrons. The van der Waals surface area contributed by atoms with Crippen LogP contribution in [0.1, 0.15) is 52.0 Å². The molecule has 2 unspecified atom stereocenters.